The van der Waals surface area contributed by atoms with E-state index in [0.29, 0.717) is 0 Å². The molecule has 118 valence electrons. The Hall–Kier alpha value is -3.40. The van der Waals surface area contributed by atoms with Gasteiger partial charge in [-0.15, -0.1) is 0 Å². The second kappa shape index (κ2) is 4.36. The fourth-order valence-electron chi connectivity index (χ4n) is 3.98. The van der Waals surface area contributed by atoms with Crippen molar-refractivity contribution in [3.63, 3.8) is 0 Å². The van der Waals surface area contributed by atoms with Crippen molar-refractivity contribution in [3.8, 4) is 0 Å². The highest BCUT2D eigenvalue weighted by Crippen LogP contribution is 2.34. The van der Waals surface area contributed by atoms with Crippen LogP contribution in [0.1, 0.15) is 0 Å². The van der Waals surface area contributed by atoms with Crippen molar-refractivity contribution >= 4 is 49.3 Å². The lowest BCUT2D eigenvalue weighted by Gasteiger charge is -2.10. The zero-order valence-corrected chi connectivity index (χ0v) is 13.6. The molecule has 4 aromatic heterocycles. The fourth-order valence-corrected chi connectivity index (χ4v) is 3.98. The van der Waals surface area contributed by atoms with Gasteiger partial charge in [0, 0.05) is 29.4 Å². The predicted molar refractivity (Wildman–Crippen MR) is 102 cm³/mol. The number of hydrogen-bond acceptors (Lipinski definition) is 2. The molecule has 0 aliphatic rings. The average Bonchev–Trinajstić information content (AvgIpc) is 3.22. The van der Waals surface area contributed by atoms with Crippen molar-refractivity contribution in [1.82, 2.24) is 18.9 Å². The number of nitrogens with zero attached hydrogens (tertiary/aromatic N) is 4. The van der Waals surface area contributed by atoms with Gasteiger partial charge < -0.3 is 8.97 Å². The van der Waals surface area contributed by atoms with Crippen LogP contribution in [0.4, 0.5) is 0 Å². The topological polar surface area (TPSA) is 35.1 Å². The monoisotopic (exact) mass is 322 g/mol. The summed E-state index contributed by atoms with van der Waals surface area (Å²) in [5.41, 5.74) is 6.69. The number of fused-ring (bicyclic) bond motifs is 9. The Bertz CT molecular complexity index is 1450. The van der Waals surface area contributed by atoms with Gasteiger partial charge >= 0.3 is 0 Å². The summed E-state index contributed by atoms with van der Waals surface area (Å²) in [5, 5.41) is 3.60. The zero-order chi connectivity index (χ0) is 16.5. The number of imidazole rings is 1. The van der Waals surface area contributed by atoms with Crippen LogP contribution in [-0.4, -0.2) is 18.9 Å². The van der Waals surface area contributed by atoms with Crippen molar-refractivity contribution in [2.24, 2.45) is 7.05 Å². The molecule has 0 saturated heterocycles. The Balaban J connectivity index is 2.03. The molecule has 0 fully saturated rings. The van der Waals surface area contributed by atoms with Crippen LogP contribution >= 0.6 is 0 Å². The molecular weight excluding hydrogens is 308 g/mol. The zero-order valence-electron chi connectivity index (χ0n) is 13.6. The molecule has 0 bridgehead atoms. The number of para-hydroxylation sites is 1. The minimum Gasteiger partial charge on any atom is -0.334 e. The first-order chi connectivity index (χ1) is 12.3. The van der Waals surface area contributed by atoms with E-state index in [1.165, 1.54) is 27.2 Å². The van der Waals surface area contributed by atoms with Crippen LogP contribution in [0.15, 0.2) is 67.1 Å². The van der Waals surface area contributed by atoms with E-state index >= 15 is 0 Å². The van der Waals surface area contributed by atoms with Gasteiger partial charge in [0.25, 0.3) is 0 Å². The van der Waals surface area contributed by atoms with Crippen molar-refractivity contribution < 1.29 is 0 Å². The number of aryl methyl sites for hydroxylation is 1. The lowest BCUT2D eigenvalue weighted by Crippen LogP contribution is -1.93. The standard InChI is InChI=1S/C21H14N4/c1-24-12-23-16-11-18-15(10-19(16)24)14-6-4-8-22-21(14)20-9-13-5-2-3-7-17(13)25(18)20/h2-12H,1H3. The van der Waals surface area contributed by atoms with Crippen LogP contribution < -0.4 is 0 Å². The summed E-state index contributed by atoms with van der Waals surface area (Å²) in [5.74, 6) is 0. The minimum absolute atomic E-state index is 1.01. The molecule has 0 saturated carbocycles. The maximum Gasteiger partial charge on any atom is 0.0955 e. The second-order valence-corrected chi connectivity index (χ2v) is 6.54. The van der Waals surface area contributed by atoms with E-state index in [1.807, 2.05) is 25.6 Å². The normalized spacial score (nSPS) is 12.2. The Labute approximate surface area is 142 Å². The van der Waals surface area contributed by atoms with Crippen LogP contribution in [-0.2, 0) is 7.05 Å². The van der Waals surface area contributed by atoms with E-state index in [4.69, 9.17) is 4.98 Å². The molecule has 25 heavy (non-hydrogen) atoms. The van der Waals surface area contributed by atoms with E-state index in [2.05, 4.69) is 62.5 Å². The molecule has 6 rings (SSSR count). The van der Waals surface area contributed by atoms with Crippen LogP contribution in [0.2, 0.25) is 0 Å². The molecule has 0 aliphatic carbocycles. The largest absolute Gasteiger partial charge is 0.334 e. The van der Waals surface area contributed by atoms with E-state index < -0.39 is 0 Å². The van der Waals surface area contributed by atoms with E-state index in [1.54, 1.807) is 0 Å². The molecule has 4 heterocycles. The van der Waals surface area contributed by atoms with E-state index in [-0.39, 0.29) is 0 Å². The van der Waals surface area contributed by atoms with Crippen LogP contribution in [0.5, 0.6) is 0 Å². The number of rotatable bonds is 0. The Kier molecular flexibility index (Phi) is 2.26. The second-order valence-electron chi connectivity index (χ2n) is 6.54. The SMILES string of the molecule is Cn1cnc2cc3c(cc21)c1cccnc1c1cc2ccccc2n31. The van der Waals surface area contributed by atoms with Crippen LogP contribution in [0.25, 0.3) is 49.3 Å². The van der Waals surface area contributed by atoms with Crippen molar-refractivity contribution in [1.29, 1.82) is 0 Å². The summed E-state index contributed by atoms with van der Waals surface area (Å²) < 4.78 is 4.38. The maximum absolute atomic E-state index is 4.70. The van der Waals surface area contributed by atoms with Gasteiger partial charge in [0.2, 0.25) is 0 Å². The molecule has 0 unspecified atom stereocenters. The summed E-state index contributed by atoms with van der Waals surface area (Å²) in [6.07, 6.45) is 3.74. The highest BCUT2D eigenvalue weighted by molar-refractivity contribution is 6.16. The number of pyridine rings is 2. The third-order valence-corrected chi connectivity index (χ3v) is 5.14. The van der Waals surface area contributed by atoms with E-state index in [9.17, 15) is 0 Å². The van der Waals surface area contributed by atoms with Gasteiger partial charge in [-0.1, -0.05) is 24.3 Å². The molecule has 0 amide bonds. The summed E-state index contributed by atoms with van der Waals surface area (Å²) >= 11 is 0. The molecular formula is C21H14N4. The molecule has 4 nitrogen and oxygen atoms in total. The smallest absolute Gasteiger partial charge is 0.0955 e. The highest BCUT2D eigenvalue weighted by Gasteiger charge is 2.14. The fraction of sp³-hybridized carbons (Fsp3) is 0.0476. The molecule has 0 N–H and O–H groups in total. The molecule has 2 aromatic carbocycles. The third kappa shape index (κ3) is 1.56. The van der Waals surface area contributed by atoms with Gasteiger partial charge in [-0.3, -0.25) is 4.98 Å². The number of benzene rings is 2. The Morgan fingerprint density at radius 1 is 0.760 bits per heavy atom. The first-order valence-electron chi connectivity index (χ1n) is 8.33. The summed E-state index contributed by atoms with van der Waals surface area (Å²) in [7, 11) is 2.03. The molecule has 4 heteroatoms. The van der Waals surface area contributed by atoms with Gasteiger partial charge in [0.15, 0.2) is 0 Å². The highest BCUT2D eigenvalue weighted by atomic mass is 15.0. The van der Waals surface area contributed by atoms with Gasteiger partial charge in [0.1, 0.15) is 0 Å². The third-order valence-electron chi connectivity index (χ3n) is 5.14. The summed E-state index contributed by atoms with van der Waals surface area (Å²) in [6, 6.07) is 19.3. The lowest BCUT2D eigenvalue weighted by molar-refractivity contribution is 0.948. The first-order valence-corrected chi connectivity index (χ1v) is 8.33. The first kappa shape index (κ1) is 13.0. The Morgan fingerprint density at radius 2 is 1.68 bits per heavy atom. The number of hydrogen-bond donors (Lipinski definition) is 0. The maximum atomic E-state index is 4.70. The molecule has 0 spiro atoms. The Morgan fingerprint density at radius 3 is 2.64 bits per heavy atom. The van der Waals surface area contributed by atoms with Crippen LogP contribution in [0, 0.1) is 0 Å². The van der Waals surface area contributed by atoms with Gasteiger partial charge in [-0.05, 0) is 30.3 Å². The summed E-state index contributed by atoms with van der Waals surface area (Å²) in [4.78, 5) is 9.26. The van der Waals surface area contributed by atoms with Crippen LogP contribution in [0.3, 0.4) is 0 Å². The predicted octanol–water partition coefficient (Wildman–Crippen LogP) is 4.68. The molecule has 0 aliphatic heterocycles. The number of aromatic nitrogens is 4. The quantitative estimate of drug-likeness (QED) is 0.381. The molecule has 6 aromatic rings. The minimum atomic E-state index is 1.01. The van der Waals surface area contributed by atoms with E-state index in [0.717, 1.165) is 22.1 Å². The van der Waals surface area contributed by atoms with Gasteiger partial charge in [-0.2, -0.15) is 0 Å². The van der Waals surface area contributed by atoms with Crippen molar-refractivity contribution in [2.45, 2.75) is 0 Å². The van der Waals surface area contributed by atoms with Crippen molar-refractivity contribution in [2.75, 3.05) is 0 Å². The van der Waals surface area contributed by atoms with Gasteiger partial charge in [-0.25, -0.2) is 4.98 Å². The van der Waals surface area contributed by atoms with Crippen molar-refractivity contribution in [3.05, 3.63) is 67.1 Å². The van der Waals surface area contributed by atoms with Gasteiger partial charge in [0.05, 0.1) is 39.4 Å². The lowest BCUT2D eigenvalue weighted by atomic mass is 10.1. The molecule has 0 radical (unpaired) electrons. The molecule has 0 atom stereocenters. The average molecular weight is 322 g/mol. The summed E-state index contributed by atoms with van der Waals surface area (Å²) in [6.45, 7) is 0.